The van der Waals surface area contributed by atoms with Gasteiger partial charge in [-0.2, -0.15) is 0 Å². The van der Waals surface area contributed by atoms with Crippen molar-refractivity contribution in [3.8, 4) is 0 Å². The first kappa shape index (κ1) is 8.24. The smallest absolute Gasteiger partial charge is 0.137 e. The van der Waals surface area contributed by atoms with E-state index in [2.05, 4.69) is 18.2 Å². The second-order valence-corrected chi connectivity index (χ2v) is 3.34. The summed E-state index contributed by atoms with van der Waals surface area (Å²) in [6, 6.07) is 10.3. The van der Waals surface area contributed by atoms with Gasteiger partial charge in [-0.05, 0) is 17.6 Å². The molecule has 1 aromatic carbocycles. The average molecular weight is 172 g/mol. The molecule has 0 amide bonds. The second kappa shape index (κ2) is 3.56. The lowest BCUT2D eigenvalue weighted by Gasteiger charge is -2.11. The van der Waals surface area contributed by atoms with Crippen LogP contribution >= 0.6 is 0 Å². The number of carbonyl (C=O) groups is 1. The van der Waals surface area contributed by atoms with Crippen molar-refractivity contribution in [2.45, 2.75) is 19.3 Å². The minimum Gasteiger partial charge on any atom is -0.299 e. The van der Waals surface area contributed by atoms with Crippen molar-refractivity contribution >= 4 is 11.4 Å². The van der Waals surface area contributed by atoms with Crippen LogP contribution in [0.25, 0.3) is 5.57 Å². The summed E-state index contributed by atoms with van der Waals surface area (Å²) in [5.74, 6) is 0.361. The highest BCUT2D eigenvalue weighted by Gasteiger charge is 2.10. The standard InChI is InChI=1S/C12H12O/c13-12-8-6-11(7-9-12)10-4-2-1-3-5-10/h1-6H,7-9H2. The number of rotatable bonds is 1. The summed E-state index contributed by atoms with van der Waals surface area (Å²) in [5, 5.41) is 0. The van der Waals surface area contributed by atoms with Crippen molar-refractivity contribution in [1.82, 2.24) is 0 Å². The molecule has 1 aromatic rings. The van der Waals surface area contributed by atoms with Crippen LogP contribution in [0.5, 0.6) is 0 Å². The van der Waals surface area contributed by atoms with E-state index in [1.807, 2.05) is 18.2 Å². The van der Waals surface area contributed by atoms with E-state index in [0.717, 1.165) is 6.42 Å². The predicted octanol–water partition coefficient (Wildman–Crippen LogP) is 2.82. The van der Waals surface area contributed by atoms with Gasteiger partial charge >= 0.3 is 0 Å². The third kappa shape index (κ3) is 1.86. The van der Waals surface area contributed by atoms with Gasteiger partial charge in [0.15, 0.2) is 0 Å². The van der Waals surface area contributed by atoms with Crippen LogP contribution in [0.4, 0.5) is 0 Å². The number of allylic oxidation sites excluding steroid dienone is 2. The topological polar surface area (TPSA) is 17.1 Å². The van der Waals surface area contributed by atoms with Gasteiger partial charge in [0, 0.05) is 12.8 Å². The fourth-order valence-corrected chi connectivity index (χ4v) is 1.63. The van der Waals surface area contributed by atoms with Crippen molar-refractivity contribution in [1.29, 1.82) is 0 Å². The molecule has 0 bridgehead atoms. The Kier molecular flexibility index (Phi) is 2.26. The molecule has 0 radical (unpaired) electrons. The fraction of sp³-hybridized carbons (Fsp3) is 0.250. The highest BCUT2D eigenvalue weighted by molar-refractivity contribution is 5.86. The van der Waals surface area contributed by atoms with Crippen molar-refractivity contribution in [3.63, 3.8) is 0 Å². The summed E-state index contributed by atoms with van der Waals surface area (Å²) in [5.41, 5.74) is 2.58. The van der Waals surface area contributed by atoms with Gasteiger partial charge < -0.3 is 0 Å². The zero-order valence-electron chi connectivity index (χ0n) is 7.49. The maximum Gasteiger partial charge on any atom is 0.137 e. The van der Waals surface area contributed by atoms with Crippen LogP contribution in [-0.4, -0.2) is 5.78 Å². The van der Waals surface area contributed by atoms with E-state index in [4.69, 9.17) is 0 Å². The van der Waals surface area contributed by atoms with Gasteiger partial charge in [-0.3, -0.25) is 4.79 Å². The van der Waals surface area contributed by atoms with Crippen LogP contribution in [0, 0.1) is 0 Å². The summed E-state index contributed by atoms with van der Waals surface area (Å²) in [6.45, 7) is 0. The highest BCUT2D eigenvalue weighted by atomic mass is 16.1. The monoisotopic (exact) mass is 172 g/mol. The summed E-state index contributed by atoms with van der Waals surface area (Å²) in [7, 11) is 0. The molecule has 0 aliphatic heterocycles. The van der Waals surface area contributed by atoms with Crippen LogP contribution in [-0.2, 0) is 4.79 Å². The number of hydrogen-bond donors (Lipinski definition) is 0. The van der Waals surface area contributed by atoms with E-state index < -0.39 is 0 Å². The number of Topliss-reactive ketones (excluding diaryl/α,β-unsaturated/α-hetero) is 1. The Labute approximate surface area is 78.1 Å². The number of ketones is 1. The van der Waals surface area contributed by atoms with Gasteiger partial charge in [0.05, 0.1) is 0 Å². The van der Waals surface area contributed by atoms with E-state index in [-0.39, 0.29) is 0 Å². The molecular weight excluding hydrogens is 160 g/mol. The Morgan fingerprint density at radius 2 is 1.77 bits per heavy atom. The van der Waals surface area contributed by atoms with Crippen molar-refractivity contribution < 1.29 is 4.79 Å². The molecule has 0 fully saturated rings. The normalized spacial score (nSPS) is 16.9. The molecule has 0 spiro atoms. The molecule has 1 heteroatoms. The van der Waals surface area contributed by atoms with Gasteiger partial charge in [-0.1, -0.05) is 36.4 Å². The third-order valence-electron chi connectivity index (χ3n) is 2.39. The van der Waals surface area contributed by atoms with Gasteiger partial charge in [0.1, 0.15) is 5.78 Å². The van der Waals surface area contributed by atoms with E-state index in [1.54, 1.807) is 0 Å². The summed E-state index contributed by atoms with van der Waals surface area (Å²) < 4.78 is 0. The molecule has 0 saturated carbocycles. The van der Waals surface area contributed by atoms with Crippen LogP contribution in [0.15, 0.2) is 36.4 Å². The summed E-state index contributed by atoms with van der Waals surface area (Å²) >= 11 is 0. The first-order valence-corrected chi connectivity index (χ1v) is 4.62. The van der Waals surface area contributed by atoms with E-state index in [0.29, 0.717) is 18.6 Å². The molecule has 0 saturated heterocycles. The Bertz CT molecular complexity index is 335. The number of carbonyl (C=O) groups excluding carboxylic acids is 1. The van der Waals surface area contributed by atoms with Crippen molar-refractivity contribution in [3.05, 3.63) is 42.0 Å². The lowest BCUT2D eigenvalue weighted by atomic mass is 9.93. The molecule has 0 heterocycles. The van der Waals surface area contributed by atoms with Gasteiger partial charge in [-0.15, -0.1) is 0 Å². The largest absolute Gasteiger partial charge is 0.299 e. The van der Waals surface area contributed by atoms with Crippen LogP contribution in [0.2, 0.25) is 0 Å². The minimum absolute atomic E-state index is 0.361. The fourth-order valence-electron chi connectivity index (χ4n) is 1.63. The summed E-state index contributed by atoms with van der Waals surface area (Å²) in [4.78, 5) is 11.0. The lowest BCUT2D eigenvalue weighted by Crippen LogP contribution is -2.02. The molecule has 0 N–H and O–H groups in total. The summed E-state index contributed by atoms with van der Waals surface area (Å²) in [6.07, 6.45) is 4.29. The minimum atomic E-state index is 0.361. The molecule has 1 nitrogen and oxygen atoms in total. The molecule has 0 unspecified atom stereocenters. The molecule has 1 aliphatic carbocycles. The molecule has 13 heavy (non-hydrogen) atoms. The first-order chi connectivity index (χ1) is 6.36. The van der Waals surface area contributed by atoms with Crippen LogP contribution in [0.1, 0.15) is 24.8 Å². The van der Waals surface area contributed by atoms with E-state index in [9.17, 15) is 4.79 Å². The molecule has 0 aromatic heterocycles. The van der Waals surface area contributed by atoms with Crippen LogP contribution in [0.3, 0.4) is 0 Å². The maximum absolute atomic E-state index is 11.0. The molecule has 66 valence electrons. The number of hydrogen-bond acceptors (Lipinski definition) is 1. The zero-order chi connectivity index (χ0) is 9.10. The maximum atomic E-state index is 11.0. The lowest BCUT2D eigenvalue weighted by molar-refractivity contribution is -0.118. The zero-order valence-corrected chi connectivity index (χ0v) is 7.49. The molecule has 1 aliphatic rings. The molecule has 2 rings (SSSR count). The van der Waals surface area contributed by atoms with Crippen LogP contribution < -0.4 is 0 Å². The Balaban J connectivity index is 2.23. The van der Waals surface area contributed by atoms with E-state index in [1.165, 1.54) is 11.1 Å². The van der Waals surface area contributed by atoms with Gasteiger partial charge in [0.2, 0.25) is 0 Å². The molecular formula is C12H12O. The highest BCUT2D eigenvalue weighted by Crippen LogP contribution is 2.24. The second-order valence-electron chi connectivity index (χ2n) is 3.34. The van der Waals surface area contributed by atoms with E-state index >= 15 is 0 Å². The Morgan fingerprint density at radius 3 is 2.38 bits per heavy atom. The Morgan fingerprint density at radius 1 is 1.00 bits per heavy atom. The SMILES string of the molecule is O=C1CC=C(c2ccccc2)CC1. The average Bonchev–Trinajstić information content (AvgIpc) is 2.20. The third-order valence-corrected chi connectivity index (χ3v) is 2.39. The predicted molar refractivity (Wildman–Crippen MR) is 53.3 cm³/mol. The molecule has 0 atom stereocenters. The Hall–Kier alpha value is -1.37. The van der Waals surface area contributed by atoms with Crippen molar-refractivity contribution in [2.24, 2.45) is 0 Å². The van der Waals surface area contributed by atoms with Gasteiger partial charge in [-0.25, -0.2) is 0 Å². The quantitative estimate of drug-likeness (QED) is 0.636. The van der Waals surface area contributed by atoms with Crippen molar-refractivity contribution in [2.75, 3.05) is 0 Å². The first-order valence-electron chi connectivity index (χ1n) is 4.62. The van der Waals surface area contributed by atoms with Gasteiger partial charge in [0.25, 0.3) is 0 Å². The number of benzene rings is 1.